The van der Waals surface area contributed by atoms with E-state index >= 15 is 0 Å². The second-order valence-corrected chi connectivity index (χ2v) is 4.15. The summed E-state index contributed by atoms with van der Waals surface area (Å²) in [5.74, 6) is 2.40. The van der Waals surface area contributed by atoms with E-state index in [1.54, 1.807) is 0 Å². The lowest BCUT2D eigenvalue weighted by Crippen LogP contribution is -2.27. The van der Waals surface area contributed by atoms with Crippen LogP contribution in [0.1, 0.15) is 11.6 Å². The Morgan fingerprint density at radius 3 is 3.13 bits per heavy atom. The number of benzene rings is 1. The fraction of sp³-hybridized carbons (Fsp3) is 0.182. The molecule has 15 heavy (non-hydrogen) atoms. The highest BCUT2D eigenvalue weighted by Gasteiger charge is 2.29. The van der Waals surface area contributed by atoms with Gasteiger partial charge in [0.1, 0.15) is 6.04 Å². The standard InChI is InChI=1S/C11H9BrN2O/c1-2-5-13-10-8-4-3-7(12)6-9(8)14-11(10)15/h1,3-4,6,10,13H,5H2,(H,14,15). The Labute approximate surface area is 96.4 Å². The number of amides is 1. The van der Waals surface area contributed by atoms with E-state index in [1.165, 1.54) is 0 Å². The van der Waals surface area contributed by atoms with Crippen LogP contribution in [0.4, 0.5) is 5.69 Å². The first kappa shape index (κ1) is 10.2. The number of terminal acetylenes is 1. The van der Waals surface area contributed by atoms with Crippen molar-refractivity contribution >= 4 is 27.5 Å². The zero-order valence-corrected chi connectivity index (χ0v) is 9.47. The maximum atomic E-state index is 11.6. The van der Waals surface area contributed by atoms with Crippen molar-refractivity contribution in [3.63, 3.8) is 0 Å². The molecule has 1 heterocycles. The van der Waals surface area contributed by atoms with Crippen molar-refractivity contribution in [1.82, 2.24) is 5.32 Å². The molecular weight excluding hydrogens is 256 g/mol. The number of fused-ring (bicyclic) bond motifs is 1. The highest BCUT2D eigenvalue weighted by molar-refractivity contribution is 9.10. The van der Waals surface area contributed by atoms with E-state index in [1.807, 2.05) is 18.2 Å². The second kappa shape index (κ2) is 4.05. The molecule has 1 amide bonds. The zero-order chi connectivity index (χ0) is 10.8. The molecule has 2 N–H and O–H groups in total. The molecule has 76 valence electrons. The van der Waals surface area contributed by atoms with Gasteiger partial charge in [-0.25, -0.2) is 0 Å². The van der Waals surface area contributed by atoms with Gasteiger partial charge in [0.05, 0.1) is 6.54 Å². The van der Waals surface area contributed by atoms with Crippen LogP contribution in [0.2, 0.25) is 0 Å². The first-order chi connectivity index (χ1) is 7.22. The third kappa shape index (κ3) is 1.89. The Morgan fingerprint density at radius 1 is 1.60 bits per heavy atom. The third-order valence-electron chi connectivity index (χ3n) is 2.25. The smallest absolute Gasteiger partial charge is 0.246 e. The van der Waals surface area contributed by atoms with Crippen LogP contribution in [0.3, 0.4) is 0 Å². The molecule has 0 fully saturated rings. The molecule has 2 rings (SSSR count). The maximum absolute atomic E-state index is 11.6. The highest BCUT2D eigenvalue weighted by atomic mass is 79.9. The van der Waals surface area contributed by atoms with Gasteiger partial charge in [0, 0.05) is 15.7 Å². The van der Waals surface area contributed by atoms with Gasteiger partial charge in [-0.2, -0.15) is 0 Å². The summed E-state index contributed by atoms with van der Waals surface area (Å²) in [4.78, 5) is 11.6. The van der Waals surface area contributed by atoms with Gasteiger partial charge in [-0.3, -0.25) is 10.1 Å². The summed E-state index contributed by atoms with van der Waals surface area (Å²) in [6.45, 7) is 0.383. The number of rotatable bonds is 2. The molecule has 0 saturated heterocycles. The van der Waals surface area contributed by atoms with Crippen molar-refractivity contribution in [1.29, 1.82) is 0 Å². The minimum Gasteiger partial charge on any atom is -0.324 e. The van der Waals surface area contributed by atoms with Crippen LogP contribution in [0.25, 0.3) is 0 Å². The molecule has 4 heteroatoms. The average Bonchev–Trinajstić information content (AvgIpc) is 2.50. The summed E-state index contributed by atoms with van der Waals surface area (Å²) in [6.07, 6.45) is 5.14. The van der Waals surface area contributed by atoms with Gasteiger partial charge in [-0.1, -0.05) is 27.9 Å². The molecule has 1 aliphatic heterocycles. The first-order valence-electron chi connectivity index (χ1n) is 4.49. The number of anilines is 1. The number of carbonyl (C=O) groups is 1. The first-order valence-corrected chi connectivity index (χ1v) is 5.29. The maximum Gasteiger partial charge on any atom is 0.246 e. The molecular formula is C11H9BrN2O. The van der Waals surface area contributed by atoms with E-state index in [2.05, 4.69) is 32.5 Å². The number of hydrogen-bond donors (Lipinski definition) is 2. The summed E-state index contributed by atoms with van der Waals surface area (Å²) in [6, 6.07) is 5.36. The minimum absolute atomic E-state index is 0.0571. The molecule has 0 spiro atoms. The van der Waals surface area contributed by atoms with Gasteiger partial charge in [0.15, 0.2) is 0 Å². The Hall–Kier alpha value is -1.31. The molecule has 1 aliphatic rings. The molecule has 0 aromatic heterocycles. The summed E-state index contributed by atoms with van der Waals surface area (Å²) in [5.41, 5.74) is 1.78. The van der Waals surface area contributed by atoms with Crippen LogP contribution in [-0.2, 0) is 4.79 Å². The van der Waals surface area contributed by atoms with E-state index in [0.717, 1.165) is 15.7 Å². The van der Waals surface area contributed by atoms with Crippen LogP contribution >= 0.6 is 15.9 Å². The van der Waals surface area contributed by atoms with Gasteiger partial charge < -0.3 is 5.32 Å². The molecule has 1 atom stereocenters. The predicted octanol–water partition coefficient (Wildman–Crippen LogP) is 1.67. The van der Waals surface area contributed by atoms with E-state index in [4.69, 9.17) is 6.42 Å². The SMILES string of the molecule is C#CCNC1C(=O)Nc2cc(Br)ccc21. The summed E-state index contributed by atoms with van der Waals surface area (Å²) < 4.78 is 0.944. The Bertz CT molecular complexity index is 450. The van der Waals surface area contributed by atoms with Crippen LogP contribution in [0.15, 0.2) is 22.7 Å². The molecule has 0 aliphatic carbocycles. The summed E-state index contributed by atoms with van der Waals surface area (Å²) in [7, 11) is 0. The monoisotopic (exact) mass is 264 g/mol. The Kier molecular flexibility index (Phi) is 2.76. The highest BCUT2D eigenvalue weighted by Crippen LogP contribution is 2.32. The lowest BCUT2D eigenvalue weighted by molar-refractivity contribution is -0.117. The van der Waals surface area contributed by atoms with Crippen molar-refractivity contribution in [2.45, 2.75) is 6.04 Å². The fourth-order valence-corrected chi connectivity index (χ4v) is 1.96. The molecule has 1 aromatic rings. The van der Waals surface area contributed by atoms with Gasteiger partial charge in [0.2, 0.25) is 5.91 Å². The average molecular weight is 265 g/mol. The van der Waals surface area contributed by atoms with Crippen molar-refractivity contribution in [3.05, 3.63) is 28.2 Å². The lowest BCUT2D eigenvalue weighted by Gasteiger charge is -2.08. The van der Waals surface area contributed by atoms with Crippen LogP contribution in [0, 0.1) is 12.3 Å². The van der Waals surface area contributed by atoms with Crippen molar-refractivity contribution in [2.24, 2.45) is 0 Å². The van der Waals surface area contributed by atoms with Gasteiger partial charge in [-0.05, 0) is 12.1 Å². The molecule has 0 radical (unpaired) electrons. The zero-order valence-electron chi connectivity index (χ0n) is 7.88. The van der Waals surface area contributed by atoms with Gasteiger partial charge in [-0.15, -0.1) is 6.42 Å². The van der Waals surface area contributed by atoms with E-state index in [9.17, 15) is 4.79 Å². The fourth-order valence-electron chi connectivity index (χ4n) is 1.60. The van der Waals surface area contributed by atoms with Crippen LogP contribution in [0.5, 0.6) is 0 Å². The Morgan fingerprint density at radius 2 is 2.40 bits per heavy atom. The lowest BCUT2D eigenvalue weighted by atomic mass is 10.1. The van der Waals surface area contributed by atoms with Crippen LogP contribution < -0.4 is 10.6 Å². The van der Waals surface area contributed by atoms with E-state index < -0.39 is 0 Å². The van der Waals surface area contributed by atoms with E-state index in [-0.39, 0.29) is 11.9 Å². The number of hydrogen-bond acceptors (Lipinski definition) is 2. The number of nitrogens with one attached hydrogen (secondary N) is 2. The summed E-state index contributed by atoms with van der Waals surface area (Å²) in [5, 5.41) is 5.79. The topological polar surface area (TPSA) is 41.1 Å². The third-order valence-corrected chi connectivity index (χ3v) is 2.75. The molecule has 1 unspecified atom stereocenters. The summed E-state index contributed by atoms with van der Waals surface area (Å²) >= 11 is 3.35. The van der Waals surface area contributed by atoms with Crippen molar-refractivity contribution in [3.8, 4) is 12.3 Å². The normalized spacial score (nSPS) is 18.1. The predicted molar refractivity (Wildman–Crippen MR) is 62.3 cm³/mol. The second-order valence-electron chi connectivity index (χ2n) is 3.24. The van der Waals surface area contributed by atoms with Gasteiger partial charge >= 0.3 is 0 Å². The minimum atomic E-state index is -0.329. The number of halogens is 1. The molecule has 3 nitrogen and oxygen atoms in total. The van der Waals surface area contributed by atoms with Gasteiger partial charge in [0.25, 0.3) is 0 Å². The van der Waals surface area contributed by atoms with E-state index in [0.29, 0.717) is 6.54 Å². The Balaban J connectivity index is 2.30. The molecule has 0 saturated carbocycles. The molecule has 0 bridgehead atoms. The number of carbonyl (C=O) groups excluding carboxylic acids is 1. The largest absolute Gasteiger partial charge is 0.324 e. The van der Waals surface area contributed by atoms with Crippen molar-refractivity contribution in [2.75, 3.05) is 11.9 Å². The molecule has 1 aromatic carbocycles. The van der Waals surface area contributed by atoms with Crippen LogP contribution in [-0.4, -0.2) is 12.5 Å². The van der Waals surface area contributed by atoms with Crippen molar-refractivity contribution < 1.29 is 4.79 Å². The quantitative estimate of drug-likeness (QED) is 0.798.